The van der Waals surface area contributed by atoms with Gasteiger partial charge in [-0.25, -0.2) is 0 Å². The molecule has 2 aliphatic heterocycles. The van der Waals surface area contributed by atoms with Crippen LogP contribution in [0.2, 0.25) is 5.02 Å². The van der Waals surface area contributed by atoms with Crippen LogP contribution in [0.3, 0.4) is 0 Å². The van der Waals surface area contributed by atoms with E-state index in [0.29, 0.717) is 34.3 Å². The number of nitrogens with zero attached hydrogens (tertiary/aromatic N) is 1. The number of Topliss-reactive ketones (excluding diaryl/α,β-unsaturated/α-hetero) is 1. The highest BCUT2D eigenvalue weighted by Gasteiger charge is 2.48. The molecule has 0 bridgehead atoms. The molecule has 2 heterocycles. The molecule has 0 saturated carbocycles. The van der Waals surface area contributed by atoms with Crippen LogP contribution >= 0.6 is 11.6 Å². The molecule has 7 nitrogen and oxygen atoms in total. The smallest absolute Gasteiger partial charge is 0.295 e. The van der Waals surface area contributed by atoms with Gasteiger partial charge < -0.3 is 24.2 Å². The van der Waals surface area contributed by atoms with Crippen molar-refractivity contribution < 1.29 is 28.9 Å². The molecule has 0 unspecified atom stereocenters. The summed E-state index contributed by atoms with van der Waals surface area (Å²) in [5, 5.41) is 11.6. The van der Waals surface area contributed by atoms with Crippen molar-refractivity contribution in [2.75, 3.05) is 27.4 Å². The predicted molar refractivity (Wildman–Crippen MR) is 119 cm³/mol. The van der Waals surface area contributed by atoms with Gasteiger partial charge in [0.2, 0.25) is 0 Å². The number of halogens is 1. The van der Waals surface area contributed by atoms with Crippen molar-refractivity contribution in [3.05, 3.63) is 64.2 Å². The Morgan fingerprint density at radius 1 is 1.16 bits per heavy atom. The summed E-state index contributed by atoms with van der Waals surface area (Å²) in [4.78, 5) is 27.7. The molecular formula is C24H24ClNO6. The van der Waals surface area contributed by atoms with E-state index in [1.54, 1.807) is 42.5 Å². The van der Waals surface area contributed by atoms with Gasteiger partial charge in [0.15, 0.2) is 0 Å². The van der Waals surface area contributed by atoms with Crippen LogP contribution in [0, 0.1) is 0 Å². The number of benzene rings is 2. The largest absolute Gasteiger partial charge is 0.507 e. The van der Waals surface area contributed by atoms with Crippen LogP contribution in [0.5, 0.6) is 11.5 Å². The van der Waals surface area contributed by atoms with Gasteiger partial charge in [-0.3, -0.25) is 9.59 Å². The minimum Gasteiger partial charge on any atom is -0.507 e. The highest BCUT2D eigenvalue weighted by Crippen LogP contribution is 2.44. The number of ketones is 1. The van der Waals surface area contributed by atoms with Gasteiger partial charge in [0.25, 0.3) is 11.7 Å². The van der Waals surface area contributed by atoms with E-state index in [1.807, 2.05) is 0 Å². The Morgan fingerprint density at radius 2 is 1.91 bits per heavy atom. The molecule has 1 amide bonds. The third-order valence-corrected chi connectivity index (χ3v) is 6.07. The maximum atomic E-state index is 13.2. The summed E-state index contributed by atoms with van der Waals surface area (Å²) in [6, 6.07) is 10.7. The molecule has 4 rings (SSSR count). The second-order valence-corrected chi connectivity index (χ2v) is 8.14. The van der Waals surface area contributed by atoms with E-state index in [2.05, 4.69) is 0 Å². The molecule has 0 radical (unpaired) electrons. The van der Waals surface area contributed by atoms with Crippen molar-refractivity contribution >= 4 is 29.1 Å². The molecule has 0 aliphatic carbocycles. The van der Waals surface area contributed by atoms with Gasteiger partial charge in [-0.2, -0.15) is 0 Å². The Bertz CT molecular complexity index is 1060. The van der Waals surface area contributed by atoms with E-state index in [0.717, 1.165) is 12.8 Å². The minimum absolute atomic E-state index is 0.0122. The summed E-state index contributed by atoms with van der Waals surface area (Å²) in [6.07, 6.45) is 1.51. The maximum absolute atomic E-state index is 13.2. The lowest BCUT2D eigenvalue weighted by molar-refractivity contribution is -0.140. The van der Waals surface area contributed by atoms with Gasteiger partial charge in [0.1, 0.15) is 17.3 Å². The third kappa shape index (κ3) is 4.06. The SMILES string of the molecule is COc1ccc(OC)c([C@@H]2C(=C(O)c3ccc(Cl)cc3)C(=O)C(=O)N2C[C@H]2CCCO2)c1. The van der Waals surface area contributed by atoms with E-state index in [4.69, 9.17) is 25.8 Å². The quantitative estimate of drug-likeness (QED) is 0.401. The fourth-order valence-corrected chi connectivity index (χ4v) is 4.34. The van der Waals surface area contributed by atoms with Crippen molar-refractivity contribution in [1.82, 2.24) is 4.90 Å². The third-order valence-electron chi connectivity index (χ3n) is 5.81. The fraction of sp³-hybridized carbons (Fsp3) is 0.333. The summed E-state index contributed by atoms with van der Waals surface area (Å²) < 4.78 is 16.6. The van der Waals surface area contributed by atoms with Gasteiger partial charge in [-0.15, -0.1) is 0 Å². The zero-order chi connectivity index (χ0) is 22.8. The van der Waals surface area contributed by atoms with Gasteiger partial charge in [-0.1, -0.05) is 11.6 Å². The van der Waals surface area contributed by atoms with E-state index < -0.39 is 17.7 Å². The second kappa shape index (κ2) is 9.22. The van der Waals surface area contributed by atoms with Gasteiger partial charge in [-0.05, 0) is 55.3 Å². The Balaban J connectivity index is 1.89. The van der Waals surface area contributed by atoms with Crippen LogP contribution in [0.4, 0.5) is 0 Å². The van der Waals surface area contributed by atoms with Crippen molar-refractivity contribution in [3.8, 4) is 11.5 Å². The zero-order valence-electron chi connectivity index (χ0n) is 17.8. The molecule has 1 N–H and O–H groups in total. The first-order valence-corrected chi connectivity index (χ1v) is 10.7. The summed E-state index contributed by atoms with van der Waals surface area (Å²) in [5.41, 5.74) is 0.915. The highest BCUT2D eigenvalue weighted by atomic mass is 35.5. The Hall–Kier alpha value is -3.03. The molecule has 8 heteroatoms. The number of likely N-dealkylation sites (tertiary alicyclic amines) is 1. The molecule has 2 saturated heterocycles. The highest BCUT2D eigenvalue weighted by molar-refractivity contribution is 6.46. The van der Waals surface area contributed by atoms with E-state index in [-0.39, 0.29) is 24.0 Å². The van der Waals surface area contributed by atoms with Gasteiger partial charge in [0, 0.05) is 29.3 Å². The topological polar surface area (TPSA) is 85.3 Å². The van der Waals surface area contributed by atoms with E-state index >= 15 is 0 Å². The van der Waals surface area contributed by atoms with Crippen molar-refractivity contribution in [2.45, 2.75) is 25.0 Å². The molecule has 2 fully saturated rings. The standard InChI is InChI=1S/C24H24ClNO6/c1-30-16-9-10-19(31-2)18(12-16)21-20(22(27)14-5-7-15(25)8-6-14)23(28)24(29)26(21)13-17-4-3-11-32-17/h5-10,12,17,21,27H,3-4,11,13H2,1-2H3/t17-,21-/m1/s1. The lowest BCUT2D eigenvalue weighted by atomic mass is 9.94. The lowest BCUT2D eigenvalue weighted by Gasteiger charge is -2.28. The van der Waals surface area contributed by atoms with Gasteiger partial charge in [0.05, 0.1) is 31.9 Å². The molecule has 2 aromatic rings. The summed E-state index contributed by atoms with van der Waals surface area (Å²) in [7, 11) is 3.04. The molecular weight excluding hydrogens is 434 g/mol. The number of methoxy groups -OCH3 is 2. The van der Waals surface area contributed by atoms with Crippen LogP contribution in [0.25, 0.3) is 5.76 Å². The lowest BCUT2D eigenvalue weighted by Crippen LogP contribution is -2.36. The Morgan fingerprint density at radius 3 is 2.53 bits per heavy atom. The van der Waals surface area contributed by atoms with E-state index in [1.165, 1.54) is 19.1 Å². The average molecular weight is 458 g/mol. The Kier molecular flexibility index (Phi) is 6.39. The van der Waals surface area contributed by atoms with Crippen molar-refractivity contribution in [3.63, 3.8) is 0 Å². The monoisotopic (exact) mass is 457 g/mol. The number of ether oxygens (including phenoxy) is 3. The van der Waals surface area contributed by atoms with Crippen molar-refractivity contribution in [1.29, 1.82) is 0 Å². The molecule has 2 atom stereocenters. The van der Waals surface area contributed by atoms with Crippen molar-refractivity contribution in [2.24, 2.45) is 0 Å². The first-order chi connectivity index (χ1) is 15.4. The van der Waals surface area contributed by atoms with Crippen LogP contribution in [-0.2, 0) is 14.3 Å². The maximum Gasteiger partial charge on any atom is 0.295 e. The Labute approximate surface area is 191 Å². The van der Waals surface area contributed by atoms with Crippen LogP contribution < -0.4 is 9.47 Å². The van der Waals surface area contributed by atoms with Gasteiger partial charge >= 0.3 is 0 Å². The van der Waals surface area contributed by atoms with Crippen LogP contribution in [-0.4, -0.2) is 55.2 Å². The zero-order valence-corrected chi connectivity index (χ0v) is 18.6. The number of hydrogen-bond donors (Lipinski definition) is 1. The first-order valence-electron chi connectivity index (χ1n) is 10.3. The summed E-state index contributed by atoms with van der Waals surface area (Å²) >= 11 is 5.97. The number of rotatable bonds is 6. The molecule has 0 aromatic heterocycles. The number of carbonyl (C=O) groups is 2. The minimum atomic E-state index is -0.861. The first kappa shape index (κ1) is 22.2. The number of hydrogen-bond acceptors (Lipinski definition) is 6. The normalized spacial score (nSPS) is 22.4. The number of aliphatic hydroxyl groups is 1. The molecule has 2 aromatic carbocycles. The van der Waals surface area contributed by atoms with Crippen LogP contribution in [0.1, 0.15) is 30.0 Å². The van der Waals surface area contributed by atoms with E-state index in [9.17, 15) is 14.7 Å². The average Bonchev–Trinajstić information content (AvgIpc) is 3.41. The number of amides is 1. The second-order valence-electron chi connectivity index (χ2n) is 7.70. The van der Waals surface area contributed by atoms with Crippen LogP contribution in [0.15, 0.2) is 48.0 Å². The molecule has 0 spiro atoms. The number of carbonyl (C=O) groups excluding carboxylic acids is 2. The molecule has 2 aliphatic rings. The fourth-order valence-electron chi connectivity index (χ4n) is 4.22. The number of aliphatic hydroxyl groups excluding tert-OH is 1. The molecule has 168 valence electrons. The summed E-state index contributed by atoms with van der Waals surface area (Å²) in [5.74, 6) is -0.715. The molecule has 32 heavy (non-hydrogen) atoms. The summed E-state index contributed by atoms with van der Waals surface area (Å²) in [6.45, 7) is 0.847. The predicted octanol–water partition coefficient (Wildman–Crippen LogP) is 3.96.